The van der Waals surface area contributed by atoms with E-state index in [0.29, 0.717) is 0 Å². The van der Waals surface area contributed by atoms with Crippen molar-refractivity contribution in [3.05, 3.63) is 34.3 Å². The molecule has 0 heterocycles. The summed E-state index contributed by atoms with van der Waals surface area (Å²) in [6.45, 7) is 0. The SMILES string of the molecule is O=C(N/N=C\c1ccc(Br)cc1)C1CCCCC1. The van der Waals surface area contributed by atoms with Gasteiger partial charge in [0.15, 0.2) is 0 Å². The van der Waals surface area contributed by atoms with E-state index in [1.54, 1.807) is 6.21 Å². The highest BCUT2D eigenvalue weighted by Gasteiger charge is 2.20. The van der Waals surface area contributed by atoms with E-state index in [-0.39, 0.29) is 11.8 Å². The van der Waals surface area contributed by atoms with E-state index in [1.807, 2.05) is 24.3 Å². The lowest BCUT2D eigenvalue weighted by Gasteiger charge is -2.19. The van der Waals surface area contributed by atoms with Crippen molar-refractivity contribution in [3.8, 4) is 0 Å². The van der Waals surface area contributed by atoms with Crippen molar-refractivity contribution in [1.82, 2.24) is 5.43 Å². The number of hydrogen-bond donors (Lipinski definition) is 1. The predicted molar refractivity (Wildman–Crippen MR) is 76.5 cm³/mol. The molecule has 0 unspecified atom stereocenters. The van der Waals surface area contributed by atoms with Crippen LogP contribution in [0.4, 0.5) is 0 Å². The van der Waals surface area contributed by atoms with Gasteiger partial charge in [-0.05, 0) is 30.5 Å². The summed E-state index contributed by atoms with van der Waals surface area (Å²) in [5.74, 6) is 0.212. The zero-order valence-corrected chi connectivity index (χ0v) is 11.8. The molecular formula is C14H17BrN2O. The number of nitrogens with zero attached hydrogens (tertiary/aromatic N) is 1. The molecule has 0 radical (unpaired) electrons. The van der Waals surface area contributed by atoms with Gasteiger partial charge in [-0.2, -0.15) is 5.10 Å². The molecular weight excluding hydrogens is 292 g/mol. The molecule has 1 aliphatic carbocycles. The molecule has 0 aliphatic heterocycles. The highest BCUT2D eigenvalue weighted by Crippen LogP contribution is 2.23. The molecule has 0 saturated heterocycles. The lowest BCUT2D eigenvalue weighted by Crippen LogP contribution is -2.28. The lowest BCUT2D eigenvalue weighted by molar-refractivity contribution is -0.125. The summed E-state index contributed by atoms with van der Waals surface area (Å²) in [7, 11) is 0. The topological polar surface area (TPSA) is 41.5 Å². The Morgan fingerprint density at radius 3 is 2.56 bits per heavy atom. The van der Waals surface area contributed by atoms with Gasteiger partial charge in [-0.1, -0.05) is 47.3 Å². The van der Waals surface area contributed by atoms with Gasteiger partial charge in [0.2, 0.25) is 5.91 Å². The van der Waals surface area contributed by atoms with Gasteiger partial charge < -0.3 is 0 Å². The number of benzene rings is 1. The van der Waals surface area contributed by atoms with Gasteiger partial charge in [-0.25, -0.2) is 5.43 Å². The van der Waals surface area contributed by atoms with Crippen LogP contribution in [0, 0.1) is 5.92 Å². The standard InChI is InChI=1S/C14H17BrN2O/c15-13-8-6-11(7-9-13)10-16-17-14(18)12-4-2-1-3-5-12/h6-10,12H,1-5H2,(H,17,18)/b16-10-. The van der Waals surface area contributed by atoms with Crippen LogP contribution in [0.25, 0.3) is 0 Å². The minimum absolute atomic E-state index is 0.0584. The first kappa shape index (κ1) is 13.3. The van der Waals surface area contributed by atoms with E-state index in [1.165, 1.54) is 6.42 Å². The van der Waals surface area contributed by atoms with E-state index in [4.69, 9.17) is 0 Å². The van der Waals surface area contributed by atoms with Crippen molar-refractivity contribution < 1.29 is 4.79 Å². The van der Waals surface area contributed by atoms with Crippen LogP contribution in [0.1, 0.15) is 37.7 Å². The fourth-order valence-electron chi connectivity index (χ4n) is 2.18. The third kappa shape index (κ3) is 3.95. The Morgan fingerprint density at radius 2 is 1.89 bits per heavy atom. The van der Waals surface area contributed by atoms with Crippen LogP contribution >= 0.6 is 15.9 Å². The number of hydrazone groups is 1. The van der Waals surface area contributed by atoms with Crippen LogP contribution < -0.4 is 5.43 Å². The number of rotatable bonds is 3. The number of nitrogens with one attached hydrogen (secondary N) is 1. The van der Waals surface area contributed by atoms with Gasteiger partial charge in [0.1, 0.15) is 0 Å². The normalized spacial score (nSPS) is 16.9. The molecule has 18 heavy (non-hydrogen) atoms. The van der Waals surface area contributed by atoms with Crippen LogP contribution in [0.5, 0.6) is 0 Å². The monoisotopic (exact) mass is 308 g/mol. The number of amides is 1. The van der Waals surface area contributed by atoms with Gasteiger partial charge in [0, 0.05) is 10.4 Å². The van der Waals surface area contributed by atoms with Gasteiger partial charge in [0.25, 0.3) is 0 Å². The molecule has 2 rings (SSSR count). The molecule has 1 amide bonds. The van der Waals surface area contributed by atoms with Gasteiger partial charge >= 0.3 is 0 Å². The molecule has 1 aliphatic rings. The number of carbonyl (C=O) groups is 1. The number of hydrogen-bond acceptors (Lipinski definition) is 2. The molecule has 1 aromatic carbocycles. The Bertz CT molecular complexity index is 422. The van der Waals surface area contributed by atoms with Crippen molar-refractivity contribution in [1.29, 1.82) is 0 Å². The van der Waals surface area contributed by atoms with E-state index in [9.17, 15) is 4.79 Å². The molecule has 1 fully saturated rings. The predicted octanol–water partition coefficient (Wildman–Crippen LogP) is 3.48. The first-order valence-corrected chi connectivity index (χ1v) is 7.13. The Balaban J connectivity index is 1.83. The quantitative estimate of drug-likeness (QED) is 0.674. The van der Waals surface area contributed by atoms with Crippen molar-refractivity contribution in [2.45, 2.75) is 32.1 Å². The lowest BCUT2D eigenvalue weighted by atomic mass is 9.89. The maximum atomic E-state index is 11.8. The Kier molecular flexibility index (Phi) is 4.93. The molecule has 0 atom stereocenters. The molecule has 1 aromatic rings. The van der Waals surface area contributed by atoms with E-state index in [0.717, 1.165) is 35.7 Å². The largest absolute Gasteiger partial charge is 0.273 e. The van der Waals surface area contributed by atoms with Gasteiger partial charge in [-0.3, -0.25) is 4.79 Å². The van der Waals surface area contributed by atoms with E-state index < -0.39 is 0 Å². The fourth-order valence-corrected chi connectivity index (χ4v) is 2.44. The van der Waals surface area contributed by atoms with Crippen LogP contribution in [0.2, 0.25) is 0 Å². The van der Waals surface area contributed by atoms with E-state index >= 15 is 0 Å². The Labute approximate surface area is 116 Å². The smallest absolute Gasteiger partial charge is 0.243 e. The summed E-state index contributed by atoms with van der Waals surface area (Å²) in [5, 5.41) is 4.01. The van der Waals surface area contributed by atoms with Crippen molar-refractivity contribution >= 4 is 28.1 Å². The minimum Gasteiger partial charge on any atom is -0.273 e. The van der Waals surface area contributed by atoms with Gasteiger partial charge in [-0.15, -0.1) is 0 Å². The van der Waals surface area contributed by atoms with Crippen LogP contribution in [0.15, 0.2) is 33.8 Å². The average Bonchev–Trinajstić information content (AvgIpc) is 2.42. The summed E-state index contributed by atoms with van der Waals surface area (Å²) in [4.78, 5) is 11.8. The molecule has 0 spiro atoms. The highest BCUT2D eigenvalue weighted by molar-refractivity contribution is 9.10. The van der Waals surface area contributed by atoms with Crippen LogP contribution in [0.3, 0.4) is 0 Å². The van der Waals surface area contributed by atoms with Crippen LogP contribution in [-0.4, -0.2) is 12.1 Å². The second-order valence-corrected chi connectivity index (χ2v) is 5.54. The summed E-state index contributed by atoms with van der Waals surface area (Å²) in [6.07, 6.45) is 7.25. The number of carbonyl (C=O) groups excluding carboxylic acids is 1. The zero-order chi connectivity index (χ0) is 12.8. The maximum Gasteiger partial charge on any atom is 0.243 e. The second-order valence-electron chi connectivity index (χ2n) is 4.62. The Hall–Kier alpha value is -1.16. The zero-order valence-electron chi connectivity index (χ0n) is 10.2. The molecule has 4 heteroatoms. The fraction of sp³-hybridized carbons (Fsp3) is 0.429. The molecule has 96 valence electrons. The minimum atomic E-state index is 0.0584. The molecule has 0 bridgehead atoms. The van der Waals surface area contributed by atoms with Crippen LogP contribution in [-0.2, 0) is 4.79 Å². The summed E-state index contributed by atoms with van der Waals surface area (Å²) in [5.41, 5.74) is 3.61. The van der Waals surface area contributed by atoms with Crippen molar-refractivity contribution in [2.24, 2.45) is 11.0 Å². The second kappa shape index (κ2) is 6.69. The Morgan fingerprint density at radius 1 is 1.22 bits per heavy atom. The van der Waals surface area contributed by atoms with Gasteiger partial charge in [0.05, 0.1) is 6.21 Å². The first-order valence-electron chi connectivity index (χ1n) is 6.34. The summed E-state index contributed by atoms with van der Waals surface area (Å²) < 4.78 is 1.03. The number of halogens is 1. The molecule has 3 nitrogen and oxygen atoms in total. The average molecular weight is 309 g/mol. The molecule has 1 N–H and O–H groups in total. The molecule has 1 saturated carbocycles. The van der Waals surface area contributed by atoms with Crippen molar-refractivity contribution in [2.75, 3.05) is 0 Å². The van der Waals surface area contributed by atoms with E-state index in [2.05, 4.69) is 26.5 Å². The first-order chi connectivity index (χ1) is 8.75. The maximum absolute atomic E-state index is 11.8. The summed E-state index contributed by atoms with van der Waals surface area (Å²) in [6, 6.07) is 7.79. The van der Waals surface area contributed by atoms with Crippen molar-refractivity contribution in [3.63, 3.8) is 0 Å². The molecule has 0 aromatic heterocycles. The third-order valence-electron chi connectivity index (χ3n) is 3.23. The highest BCUT2D eigenvalue weighted by atomic mass is 79.9. The summed E-state index contributed by atoms with van der Waals surface area (Å²) >= 11 is 3.37. The third-order valence-corrected chi connectivity index (χ3v) is 3.76.